The summed E-state index contributed by atoms with van der Waals surface area (Å²) >= 11 is 0. The third kappa shape index (κ3) is 4.62. The smallest absolute Gasteiger partial charge is 0.230 e. The van der Waals surface area contributed by atoms with E-state index in [-0.39, 0.29) is 18.0 Å². The molecule has 0 radical (unpaired) electrons. The molecule has 0 atom stereocenters. The number of benzene rings is 3. The Morgan fingerprint density at radius 2 is 1.59 bits per heavy atom. The van der Waals surface area contributed by atoms with Gasteiger partial charge in [-0.15, -0.1) is 0 Å². The summed E-state index contributed by atoms with van der Waals surface area (Å²) in [5.41, 5.74) is 5.78. The molecule has 192 valence electrons. The average Bonchev–Trinajstić information content (AvgIpc) is 3.59. The van der Waals surface area contributed by atoms with E-state index in [1.807, 2.05) is 65.5 Å². The van der Waals surface area contributed by atoms with Crippen LogP contribution in [-0.2, 0) is 11.3 Å². The van der Waals surface area contributed by atoms with E-state index in [1.54, 1.807) is 12.1 Å². The minimum absolute atomic E-state index is 0.185. The number of nitrogens with zero attached hydrogens (tertiary/aromatic N) is 4. The van der Waals surface area contributed by atoms with Crippen molar-refractivity contribution in [3.8, 4) is 33.8 Å². The highest BCUT2D eigenvalue weighted by Crippen LogP contribution is 2.40. The maximum atomic E-state index is 13.8. The molecule has 3 aromatic heterocycles. The molecule has 1 aliphatic carbocycles. The first kappa shape index (κ1) is 23.5. The molecule has 6 aromatic rings. The molecule has 1 aliphatic rings. The van der Waals surface area contributed by atoms with Crippen LogP contribution < -0.4 is 0 Å². The molecule has 0 saturated heterocycles. The molecule has 1 fully saturated rings. The Balaban J connectivity index is 1.22. The zero-order chi connectivity index (χ0) is 26.2. The van der Waals surface area contributed by atoms with Crippen LogP contribution in [0.2, 0.25) is 0 Å². The molecule has 3 aromatic carbocycles. The largest absolute Gasteiger partial charge is 0.438 e. The van der Waals surface area contributed by atoms with E-state index in [4.69, 9.17) is 14.3 Å². The quantitative estimate of drug-likeness (QED) is 0.220. The second-order valence-electron chi connectivity index (χ2n) is 9.84. The Labute approximate surface area is 224 Å². The van der Waals surface area contributed by atoms with E-state index < -0.39 is 0 Å². The molecule has 0 unspecified atom stereocenters. The summed E-state index contributed by atoms with van der Waals surface area (Å²) in [7, 11) is 0. The van der Waals surface area contributed by atoms with Gasteiger partial charge in [-0.2, -0.15) is 5.10 Å². The summed E-state index contributed by atoms with van der Waals surface area (Å²) in [6.45, 7) is 0.604. The number of aromatic nitrogens is 4. The van der Waals surface area contributed by atoms with Gasteiger partial charge in [0.2, 0.25) is 5.71 Å². The van der Waals surface area contributed by atoms with E-state index in [1.165, 1.54) is 24.0 Å². The summed E-state index contributed by atoms with van der Waals surface area (Å²) < 4.78 is 28.0. The first-order valence-electron chi connectivity index (χ1n) is 13.0. The minimum atomic E-state index is -0.288. The fourth-order valence-corrected chi connectivity index (χ4v) is 5.07. The van der Waals surface area contributed by atoms with Crippen LogP contribution in [0.25, 0.3) is 44.9 Å². The van der Waals surface area contributed by atoms with E-state index in [0.717, 1.165) is 52.1 Å². The van der Waals surface area contributed by atoms with Gasteiger partial charge in [-0.25, -0.2) is 14.4 Å². The molecule has 0 bridgehead atoms. The van der Waals surface area contributed by atoms with Crippen LogP contribution >= 0.6 is 0 Å². The number of rotatable bonds is 7. The summed E-state index contributed by atoms with van der Waals surface area (Å²) in [4.78, 5) is 9.04. The van der Waals surface area contributed by atoms with Gasteiger partial charge in [0.15, 0.2) is 0 Å². The van der Waals surface area contributed by atoms with Crippen LogP contribution in [0.15, 0.2) is 108 Å². The molecule has 1 saturated carbocycles. The lowest BCUT2D eigenvalue weighted by Crippen LogP contribution is -2.33. The lowest BCUT2D eigenvalue weighted by molar-refractivity contribution is -0.0383. The third-order valence-corrected chi connectivity index (χ3v) is 7.27. The Bertz CT molecular complexity index is 1720. The van der Waals surface area contributed by atoms with Gasteiger partial charge in [-0.3, -0.25) is 4.68 Å². The molecule has 39 heavy (non-hydrogen) atoms. The van der Waals surface area contributed by atoms with Crippen LogP contribution in [-0.4, -0.2) is 25.9 Å². The Morgan fingerprint density at radius 3 is 2.36 bits per heavy atom. The highest BCUT2D eigenvalue weighted by molar-refractivity contribution is 5.95. The molecule has 0 N–H and O–H groups in total. The van der Waals surface area contributed by atoms with Gasteiger partial charge in [-0.1, -0.05) is 60.7 Å². The minimum Gasteiger partial charge on any atom is -0.438 e. The van der Waals surface area contributed by atoms with Crippen molar-refractivity contribution in [2.75, 3.05) is 0 Å². The lowest BCUT2D eigenvalue weighted by Gasteiger charge is -2.35. The zero-order valence-electron chi connectivity index (χ0n) is 21.1. The number of hydrogen-bond acceptors (Lipinski definition) is 5. The van der Waals surface area contributed by atoms with Crippen molar-refractivity contribution in [1.29, 1.82) is 0 Å². The molecular formula is C32H25FN4O2. The van der Waals surface area contributed by atoms with Crippen molar-refractivity contribution >= 4 is 11.1 Å². The Hall–Kier alpha value is -4.62. The van der Waals surface area contributed by atoms with E-state index in [2.05, 4.69) is 22.1 Å². The summed E-state index contributed by atoms with van der Waals surface area (Å²) in [6, 6.07) is 28.7. The van der Waals surface area contributed by atoms with E-state index in [9.17, 15) is 4.39 Å². The molecule has 3 heterocycles. The highest BCUT2D eigenvalue weighted by Gasteiger charge is 2.33. The van der Waals surface area contributed by atoms with Crippen molar-refractivity contribution in [1.82, 2.24) is 19.7 Å². The maximum absolute atomic E-state index is 13.8. The molecule has 0 spiro atoms. The molecule has 6 nitrogen and oxygen atoms in total. The molecule has 0 aliphatic heterocycles. The van der Waals surface area contributed by atoms with Gasteiger partial charge in [0, 0.05) is 22.9 Å². The van der Waals surface area contributed by atoms with Gasteiger partial charge >= 0.3 is 0 Å². The number of furan rings is 1. The standard InChI is InChI=1S/C32H25FN4O2/c33-24-13-11-23(12-14-24)30-28(18-37(36-30)25-15-26(16-25)38-19-21-7-3-1-4-8-21)31-27-17-29(22-9-5-2-6-10-22)39-32(27)35-20-34-31/h1-14,17-18,20,25-26H,15-16,19H2/t25-,26-. The van der Waals surface area contributed by atoms with Crippen LogP contribution in [0.1, 0.15) is 24.4 Å². The van der Waals surface area contributed by atoms with Crippen molar-refractivity contribution in [3.05, 3.63) is 115 Å². The number of fused-ring (bicyclic) bond motifs is 1. The van der Waals surface area contributed by atoms with Crippen molar-refractivity contribution in [2.45, 2.75) is 31.6 Å². The van der Waals surface area contributed by atoms with Crippen molar-refractivity contribution in [2.24, 2.45) is 0 Å². The van der Waals surface area contributed by atoms with Gasteiger partial charge < -0.3 is 9.15 Å². The van der Waals surface area contributed by atoms with Gasteiger partial charge in [0.1, 0.15) is 23.6 Å². The van der Waals surface area contributed by atoms with E-state index in [0.29, 0.717) is 12.3 Å². The fraction of sp³-hybridized carbons (Fsp3) is 0.156. The Morgan fingerprint density at radius 1 is 0.846 bits per heavy atom. The van der Waals surface area contributed by atoms with Gasteiger partial charge in [0.25, 0.3) is 0 Å². The van der Waals surface area contributed by atoms with Crippen molar-refractivity contribution in [3.63, 3.8) is 0 Å². The predicted molar refractivity (Wildman–Crippen MR) is 147 cm³/mol. The monoisotopic (exact) mass is 516 g/mol. The van der Waals surface area contributed by atoms with Crippen molar-refractivity contribution < 1.29 is 13.5 Å². The normalized spacial score (nSPS) is 16.8. The topological polar surface area (TPSA) is 66.0 Å². The molecule has 0 amide bonds. The summed E-state index contributed by atoms with van der Waals surface area (Å²) in [5, 5.41) is 5.78. The first-order chi connectivity index (χ1) is 19.2. The van der Waals surface area contributed by atoms with Crippen LogP contribution in [0.5, 0.6) is 0 Å². The van der Waals surface area contributed by atoms with Crippen LogP contribution in [0.3, 0.4) is 0 Å². The fourth-order valence-electron chi connectivity index (χ4n) is 5.07. The average molecular weight is 517 g/mol. The molecule has 7 heteroatoms. The summed E-state index contributed by atoms with van der Waals surface area (Å²) in [6.07, 6.45) is 5.48. The van der Waals surface area contributed by atoms with Crippen LogP contribution in [0.4, 0.5) is 4.39 Å². The molecule has 7 rings (SSSR count). The van der Waals surface area contributed by atoms with Gasteiger partial charge in [0.05, 0.1) is 29.8 Å². The number of hydrogen-bond donors (Lipinski definition) is 0. The third-order valence-electron chi connectivity index (χ3n) is 7.27. The predicted octanol–water partition coefficient (Wildman–Crippen LogP) is 7.48. The van der Waals surface area contributed by atoms with Gasteiger partial charge in [-0.05, 0) is 48.7 Å². The van der Waals surface area contributed by atoms with E-state index >= 15 is 0 Å². The SMILES string of the molecule is Fc1ccc(-c2nn([C@H]3C[C@H](OCc4ccccc4)C3)cc2-c2ncnc3oc(-c4ccccc4)cc23)cc1. The second-order valence-corrected chi connectivity index (χ2v) is 9.84. The van der Waals surface area contributed by atoms with Crippen LogP contribution in [0, 0.1) is 5.82 Å². The number of halogens is 1. The second kappa shape index (κ2) is 9.93. The highest BCUT2D eigenvalue weighted by atomic mass is 19.1. The Kier molecular flexibility index (Phi) is 5.98. The number of ether oxygens (including phenoxy) is 1. The lowest BCUT2D eigenvalue weighted by atomic mass is 9.89. The molecular weight excluding hydrogens is 491 g/mol. The maximum Gasteiger partial charge on any atom is 0.230 e. The summed E-state index contributed by atoms with van der Waals surface area (Å²) in [5.74, 6) is 0.435. The zero-order valence-corrected chi connectivity index (χ0v) is 21.1. The first-order valence-corrected chi connectivity index (χ1v) is 13.0.